The molecule has 0 bridgehead atoms. The van der Waals surface area contributed by atoms with Crippen molar-refractivity contribution >= 4 is 5.97 Å². The van der Waals surface area contributed by atoms with Crippen molar-refractivity contribution < 1.29 is 24.1 Å². The Bertz CT molecular complexity index is 1130. The molecule has 156 valence electrons. The molecule has 0 radical (unpaired) electrons. The van der Waals surface area contributed by atoms with Crippen LogP contribution < -0.4 is 9.47 Å². The summed E-state index contributed by atoms with van der Waals surface area (Å²) in [5.41, 5.74) is 5.85. The molecular weight excluding hydrogens is 382 g/mol. The average molecular weight is 407 g/mol. The molecule has 0 saturated carbocycles. The Morgan fingerprint density at radius 3 is 2.53 bits per heavy atom. The van der Waals surface area contributed by atoms with Crippen LogP contribution >= 0.6 is 0 Å². The minimum atomic E-state index is -0.379. The second kappa shape index (κ2) is 7.78. The highest BCUT2D eigenvalue weighted by molar-refractivity contribution is 6.05. The molecule has 0 spiro atoms. The maximum absolute atomic E-state index is 13.1. The number of benzene rings is 2. The average Bonchev–Trinajstić information content (AvgIpc) is 3.05. The van der Waals surface area contributed by atoms with E-state index in [1.807, 2.05) is 25.1 Å². The van der Waals surface area contributed by atoms with E-state index in [4.69, 9.17) is 14.2 Å². The van der Waals surface area contributed by atoms with Crippen LogP contribution in [0.4, 0.5) is 0 Å². The van der Waals surface area contributed by atoms with Crippen molar-refractivity contribution in [2.75, 3.05) is 20.8 Å². The van der Waals surface area contributed by atoms with Crippen LogP contribution in [0.5, 0.6) is 17.2 Å². The summed E-state index contributed by atoms with van der Waals surface area (Å²) in [7, 11) is 3.21. The number of aryl methyl sites for hydroxylation is 1. The van der Waals surface area contributed by atoms with Crippen LogP contribution in [0.1, 0.15) is 28.5 Å². The zero-order valence-corrected chi connectivity index (χ0v) is 17.6. The quantitative estimate of drug-likeness (QED) is 0.627. The number of hydrogen-bond donors (Lipinski definition) is 1. The van der Waals surface area contributed by atoms with E-state index in [1.54, 1.807) is 39.3 Å². The smallest absolute Gasteiger partial charge is 0.340 e. The first-order valence-electron chi connectivity index (χ1n) is 9.95. The van der Waals surface area contributed by atoms with Gasteiger partial charge in [0.2, 0.25) is 0 Å². The maximum Gasteiger partial charge on any atom is 0.340 e. The number of hydrogen-bond acceptors (Lipinski definition) is 5. The van der Waals surface area contributed by atoms with Gasteiger partial charge in [-0.1, -0.05) is 12.1 Å². The van der Waals surface area contributed by atoms with E-state index < -0.39 is 0 Å². The van der Waals surface area contributed by atoms with Gasteiger partial charge in [0.05, 0.1) is 32.1 Å². The number of aromatic nitrogens is 1. The molecule has 4 rings (SSSR count). The maximum atomic E-state index is 13.1. The number of carbonyl (C=O) groups is 1. The number of rotatable bonds is 5. The number of ether oxygens (including phenoxy) is 3. The van der Waals surface area contributed by atoms with Gasteiger partial charge in [0.1, 0.15) is 5.75 Å². The molecule has 1 aliphatic heterocycles. The van der Waals surface area contributed by atoms with Gasteiger partial charge in [0, 0.05) is 23.4 Å². The number of fused-ring (bicyclic) bond motifs is 3. The molecule has 30 heavy (non-hydrogen) atoms. The first-order valence-corrected chi connectivity index (χ1v) is 9.95. The Labute approximate surface area is 175 Å². The highest BCUT2D eigenvalue weighted by atomic mass is 16.5. The van der Waals surface area contributed by atoms with Gasteiger partial charge in [-0.05, 0) is 55.7 Å². The molecule has 0 fully saturated rings. The van der Waals surface area contributed by atoms with E-state index in [9.17, 15) is 9.90 Å². The van der Waals surface area contributed by atoms with Crippen molar-refractivity contribution in [2.24, 2.45) is 0 Å². The van der Waals surface area contributed by atoms with Gasteiger partial charge in [0.25, 0.3) is 0 Å². The summed E-state index contributed by atoms with van der Waals surface area (Å²) in [6.07, 6.45) is 0.806. The first kappa shape index (κ1) is 19.9. The van der Waals surface area contributed by atoms with Crippen molar-refractivity contribution in [3.05, 3.63) is 53.2 Å². The fourth-order valence-electron chi connectivity index (χ4n) is 4.29. The van der Waals surface area contributed by atoms with E-state index >= 15 is 0 Å². The van der Waals surface area contributed by atoms with Gasteiger partial charge in [-0.25, -0.2) is 4.79 Å². The molecule has 0 aliphatic carbocycles. The molecule has 3 aromatic rings. The predicted molar refractivity (Wildman–Crippen MR) is 114 cm³/mol. The van der Waals surface area contributed by atoms with Crippen molar-refractivity contribution in [1.82, 2.24) is 4.57 Å². The van der Waals surface area contributed by atoms with Crippen LogP contribution in [0.25, 0.3) is 22.4 Å². The Morgan fingerprint density at radius 2 is 1.87 bits per heavy atom. The van der Waals surface area contributed by atoms with E-state index in [1.165, 1.54) is 0 Å². The SMILES string of the molecule is CCOC(=O)c1c(-c2cccc(O)c2)c(C)n2c1-c1cc(OC)c(OC)cc1CC2. The molecule has 1 N–H and O–H groups in total. The van der Waals surface area contributed by atoms with Crippen LogP contribution in [0, 0.1) is 6.92 Å². The Balaban J connectivity index is 2.05. The van der Waals surface area contributed by atoms with E-state index in [0.29, 0.717) is 17.1 Å². The van der Waals surface area contributed by atoms with Gasteiger partial charge in [-0.15, -0.1) is 0 Å². The summed E-state index contributed by atoms with van der Waals surface area (Å²) in [6, 6.07) is 10.9. The highest BCUT2D eigenvalue weighted by Crippen LogP contribution is 2.45. The largest absolute Gasteiger partial charge is 0.508 e. The number of carbonyl (C=O) groups excluding carboxylic acids is 1. The fourth-order valence-corrected chi connectivity index (χ4v) is 4.29. The molecule has 2 heterocycles. The lowest BCUT2D eigenvalue weighted by Gasteiger charge is -2.23. The van der Waals surface area contributed by atoms with Crippen molar-refractivity contribution in [2.45, 2.75) is 26.8 Å². The van der Waals surface area contributed by atoms with E-state index in [0.717, 1.165) is 46.6 Å². The molecule has 2 aromatic carbocycles. The molecular formula is C24H25NO5. The minimum absolute atomic E-state index is 0.151. The Morgan fingerprint density at radius 1 is 1.13 bits per heavy atom. The number of phenolic OH excluding ortho intramolecular Hbond substituents is 1. The van der Waals surface area contributed by atoms with Gasteiger partial charge in [-0.2, -0.15) is 0 Å². The van der Waals surface area contributed by atoms with Crippen molar-refractivity contribution in [3.63, 3.8) is 0 Å². The summed E-state index contributed by atoms with van der Waals surface area (Å²) in [5.74, 6) is 1.05. The summed E-state index contributed by atoms with van der Waals surface area (Å²) < 4.78 is 18.6. The predicted octanol–water partition coefficient (Wildman–Crippen LogP) is 4.59. The van der Waals surface area contributed by atoms with Gasteiger partial charge >= 0.3 is 5.97 Å². The third-order valence-corrected chi connectivity index (χ3v) is 5.61. The standard InChI is InChI=1S/C24H25NO5/c1-5-30-24(27)22-21(16-7-6-8-17(26)11-16)14(2)25-10-9-15-12-19(28-3)20(29-4)13-18(15)23(22)25/h6-8,11-13,26H,5,9-10H2,1-4H3. The third-order valence-electron chi connectivity index (χ3n) is 5.61. The van der Waals surface area contributed by atoms with Crippen LogP contribution in [0.3, 0.4) is 0 Å². The number of esters is 1. The third kappa shape index (κ3) is 3.09. The van der Waals surface area contributed by atoms with Crippen molar-refractivity contribution in [1.29, 1.82) is 0 Å². The monoisotopic (exact) mass is 407 g/mol. The first-order chi connectivity index (χ1) is 14.5. The Hall–Kier alpha value is -3.41. The summed E-state index contributed by atoms with van der Waals surface area (Å²) >= 11 is 0. The van der Waals surface area contributed by atoms with Gasteiger partial charge in [-0.3, -0.25) is 0 Å². The number of methoxy groups -OCH3 is 2. The lowest BCUT2D eigenvalue weighted by atomic mass is 9.93. The van der Waals surface area contributed by atoms with Crippen LogP contribution in [-0.2, 0) is 17.7 Å². The molecule has 0 saturated heterocycles. The minimum Gasteiger partial charge on any atom is -0.508 e. The summed E-state index contributed by atoms with van der Waals surface area (Å²) in [4.78, 5) is 13.1. The highest BCUT2D eigenvalue weighted by Gasteiger charge is 2.32. The normalized spacial score (nSPS) is 12.1. The molecule has 1 aromatic heterocycles. The van der Waals surface area contributed by atoms with Crippen LogP contribution in [-0.4, -0.2) is 36.5 Å². The lowest BCUT2D eigenvalue weighted by Crippen LogP contribution is -2.15. The van der Waals surface area contributed by atoms with Crippen molar-refractivity contribution in [3.8, 4) is 39.6 Å². The zero-order valence-electron chi connectivity index (χ0n) is 17.6. The topological polar surface area (TPSA) is 69.9 Å². The van der Waals surface area contributed by atoms with Gasteiger partial charge < -0.3 is 23.9 Å². The number of aromatic hydroxyl groups is 1. The zero-order chi connectivity index (χ0) is 21.4. The van der Waals surface area contributed by atoms with Gasteiger partial charge in [0.15, 0.2) is 11.5 Å². The number of nitrogens with zero attached hydrogens (tertiary/aromatic N) is 1. The fraction of sp³-hybridized carbons (Fsp3) is 0.292. The molecule has 0 atom stereocenters. The molecule has 6 nitrogen and oxygen atoms in total. The summed E-state index contributed by atoms with van der Waals surface area (Å²) in [6.45, 7) is 4.80. The molecule has 0 unspecified atom stereocenters. The molecule has 0 amide bonds. The van der Waals surface area contributed by atoms with Crippen LogP contribution in [0.15, 0.2) is 36.4 Å². The summed E-state index contributed by atoms with van der Waals surface area (Å²) in [5, 5.41) is 10.0. The second-order valence-corrected chi connectivity index (χ2v) is 7.22. The number of phenols is 1. The lowest BCUT2D eigenvalue weighted by molar-refractivity contribution is 0.0528. The van der Waals surface area contributed by atoms with E-state index in [-0.39, 0.29) is 18.3 Å². The Kier molecular flexibility index (Phi) is 5.16. The molecule has 6 heteroatoms. The second-order valence-electron chi connectivity index (χ2n) is 7.22. The molecule has 1 aliphatic rings. The van der Waals surface area contributed by atoms with E-state index in [2.05, 4.69) is 4.57 Å². The van der Waals surface area contributed by atoms with Crippen LogP contribution in [0.2, 0.25) is 0 Å².